The van der Waals surface area contributed by atoms with Crippen molar-refractivity contribution >= 4 is 35.4 Å². The van der Waals surface area contributed by atoms with Gasteiger partial charge in [0.25, 0.3) is 0 Å². The van der Waals surface area contributed by atoms with E-state index >= 15 is 0 Å². The summed E-state index contributed by atoms with van der Waals surface area (Å²) in [5, 5.41) is 10.6. The Kier molecular flexibility index (Phi) is 11.0. The lowest BCUT2D eigenvalue weighted by Crippen LogP contribution is -2.43. The first-order valence-corrected chi connectivity index (χ1v) is 18.1. The van der Waals surface area contributed by atoms with Gasteiger partial charge in [-0.3, -0.25) is 24.1 Å². The van der Waals surface area contributed by atoms with Crippen molar-refractivity contribution < 1.29 is 28.7 Å². The minimum atomic E-state index is -0.600. The van der Waals surface area contributed by atoms with Crippen LogP contribution in [0.1, 0.15) is 36.8 Å². The van der Waals surface area contributed by atoms with Gasteiger partial charge in [0, 0.05) is 37.1 Å². The molecular formula is C42H42N6O6. The lowest BCUT2D eigenvalue weighted by molar-refractivity contribution is -0.120. The summed E-state index contributed by atoms with van der Waals surface area (Å²) in [5.74, 6) is -0.500. The van der Waals surface area contributed by atoms with Crippen LogP contribution in [0.4, 0.5) is 21.0 Å². The van der Waals surface area contributed by atoms with Gasteiger partial charge in [0.1, 0.15) is 25.3 Å². The fraction of sp³-hybridized carbons (Fsp3) is 0.262. The standard InChI is InChI=1S/C42H42N6O6/c1-46-38(32-18-22-34(23-19-32)44-40(50)37-15-9-25-48(37)42(52)54-28-30-12-6-3-7-13-30)26-35(45-46)31-16-20-33(21-17-31)43-39(49)36-14-8-24-47(36)41(51)53-27-29-10-4-2-5-11-29/h2-7,10-13,16-23,26,36-37H,8-9,14-15,24-25,27-28H2,1H3,(H,43,49)(H,44,50). The number of hydrogen-bond donors (Lipinski definition) is 2. The van der Waals surface area contributed by atoms with E-state index in [0.29, 0.717) is 37.3 Å². The van der Waals surface area contributed by atoms with Gasteiger partial charge in [0.15, 0.2) is 0 Å². The smallest absolute Gasteiger partial charge is 0.410 e. The number of ether oxygens (including phenoxy) is 2. The Balaban J connectivity index is 0.925. The molecule has 0 bridgehead atoms. The second kappa shape index (κ2) is 16.5. The molecule has 2 N–H and O–H groups in total. The number of nitrogens with zero attached hydrogens (tertiary/aromatic N) is 4. The Morgan fingerprint density at radius 1 is 0.630 bits per heavy atom. The molecule has 12 nitrogen and oxygen atoms in total. The third-order valence-electron chi connectivity index (χ3n) is 9.77. The van der Waals surface area contributed by atoms with Gasteiger partial charge < -0.3 is 20.1 Å². The van der Waals surface area contributed by atoms with Crippen LogP contribution in [0.3, 0.4) is 0 Å². The third-order valence-corrected chi connectivity index (χ3v) is 9.77. The molecule has 2 aliphatic rings. The van der Waals surface area contributed by atoms with Crippen molar-refractivity contribution in [2.24, 2.45) is 7.05 Å². The Morgan fingerprint density at radius 2 is 1.07 bits per heavy atom. The normalized spacial score (nSPS) is 16.5. The van der Waals surface area contributed by atoms with Crippen LogP contribution in [0.15, 0.2) is 115 Å². The summed E-state index contributed by atoms with van der Waals surface area (Å²) in [4.78, 5) is 55.0. The van der Waals surface area contributed by atoms with Crippen molar-refractivity contribution in [3.05, 3.63) is 126 Å². The predicted molar refractivity (Wildman–Crippen MR) is 204 cm³/mol. The molecule has 54 heavy (non-hydrogen) atoms. The minimum absolute atomic E-state index is 0.154. The van der Waals surface area contributed by atoms with Crippen molar-refractivity contribution in [2.75, 3.05) is 23.7 Å². The minimum Gasteiger partial charge on any atom is -0.445 e. The number of likely N-dealkylation sites (tertiary alicyclic amines) is 2. The Morgan fingerprint density at radius 3 is 1.54 bits per heavy atom. The van der Waals surface area contributed by atoms with Crippen LogP contribution in [0, 0.1) is 0 Å². The number of carbonyl (C=O) groups excluding carboxylic acids is 4. The lowest BCUT2D eigenvalue weighted by Gasteiger charge is -2.23. The summed E-state index contributed by atoms with van der Waals surface area (Å²) in [6.07, 6.45) is 1.61. The number of benzene rings is 4. The molecule has 2 saturated heterocycles. The highest BCUT2D eigenvalue weighted by Gasteiger charge is 2.36. The van der Waals surface area contributed by atoms with Crippen LogP contribution in [0.25, 0.3) is 22.5 Å². The van der Waals surface area contributed by atoms with Gasteiger partial charge in [-0.2, -0.15) is 5.10 Å². The van der Waals surface area contributed by atoms with Crippen LogP contribution in [-0.2, 0) is 39.3 Å². The van der Waals surface area contributed by atoms with Gasteiger partial charge in [-0.25, -0.2) is 9.59 Å². The summed E-state index contributed by atoms with van der Waals surface area (Å²) < 4.78 is 12.8. The van der Waals surface area contributed by atoms with Crippen LogP contribution in [-0.4, -0.2) is 68.8 Å². The first-order chi connectivity index (χ1) is 26.3. The zero-order chi connectivity index (χ0) is 37.4. The maximum absolute atomic E-state index is 13.2. The first-order valence-electron chi connectivity index (χ1n) is 18.1. The van der Waals surface area contributed by atoms with E-state index < -0.39 is 24.3 Å². The van der Waals surface area contributed by atoms with Crippen molar-refractivity contribution in [1.82, 2.24) is 19.6 Å². The Bertz CT molecular complexity index is 2090. The molecule has 7 rings (SSSR count). The molecule has 5 aromatic rings. The number of aromatic nitrogens is 2. The zero-order valence-electron chi connectivity index (χ0n) is 30.0. The second-order valence-corrected chi connectivity index (χ2v) is 13.5. The van der Waals surface area contributed by atoms with Crippen LogP contribution < -0.4 is 10.6 Å². The highest BCUT2D eigenvalue weighted by Crippen LogP contribution is 2.29. The number of anilines is 2. The van der Waals surface area contributed by atoms with Gasteiger partial charge in [0.05, 0.1) is 11.4 Å². The summed E-state index contributed by atoms with van der Waals surface area (Å²) in [5.41, 5.74) is 6.43. The second-order valence-electron chi connectivity index (χ2n) is 13.5. The van der Waals surface area contributed by atoms with E-state index in [-0.39, 0.29) is 25.0 Å². The summed E-state index contributed by atoms with van der Waals surface area (Å²) in [6.45, 7) is 1.25. The summed E-state index contributed by atoms with van der Waals surface area (Å²) >= 11 is 0. The van der Waals surface area contributed by atoms with E-state index in [9.17, 15) is 19.2 Å². The Labute approximate surface area is 313 Å². The summed E-state index contributed by atoms with van der Waals surface area (Å²) in [6, 6.07) is 34.6. The summed E-state index contributed by atoms with van der Waals surface area (Å²) in [7, 11) is 1.87. The van der Waals surface area contributed by atoms with E-state index in [4.69, 9.17) is 14.6 Å². The van der Waals surface area contributed by atoms with E-state index in [1.807, 2.05) is 122 Å². The van der Waals surface area contributed by atoms with Crippen molar-refractivity contribution in [3.63, 3.8) is 0 Å². The molecule has 2 unspecified atom stereocenters. The zero-order valence-corrected chi connectivity index (χ0v) is 30.0. The van der Waals surface area contributed by atoms with Crippen molar-refractivity contribution in [2.45, 2.75) is 51.0 Å². The topological polar surface area (TPSA) is 135 Å². The van der Waals surface area contributed by atoms with Crippen molar-refractivity contribution in [1.29, 1.82) is 0 Å². The molecule has 2 fully saturated rings. The van der Waals surface area contributed by atoms with Gasteiger partial charge in [-0.1, -0.05) is 84.9 Å². The SMILES string of the molecule is Cn1nc(-c2ccc(NC(=O)C3CCCN3C(=O)OCc3ccccc3)cc2)cc1-c1ccc(NC(=O)C2CCCN2C(=O)OCc2ccccc2)cc1. The third kappa shape index (κ3) is 8.44. The molecule has 2 aliphatic heterocycles. The van der Waals surface area contributed by atoms with Gasteiger partial charge in [-0.05, 0) is 72.7 Å². The van der Waals surface area contributed by atoms with E-state index in [0.717, 1.165) is 46.5 Å². The number of aryl methyl sites for hydroxylation is 1. The molecule has 0 aliphatic carbocycles. The van der Waals surface area contributed by atoms with E-state index in [1.165, 1.54) is 9.80 Å². The molecule has 0 spiro atoms. The predicted octanol–water partition coefficient (Wildman–Crippen LogP) is 7.23. The molecule has 2 atom stereocenters. The number of carbonyl (C=O) groups is 4. The van der Waals surface area contributed by atoms with Gasteiger partial charge in [0.2, 0.25) is 11.8 Å². The number of amides is 4. The van der Waals surface area contributed by atoms with Gasteiger partial charge in [-0.15, -0.1) is 0 Å². The van der Waals surface area contributed by atoms with Crippen LogP contribution >= 0.6 is 0 Å². The highest BCUT2D eigenvalue weighted by molar-refractivity contribution is 5.98. The number of rotatable bonds is 10. The average molecular weight is 727 g/mol. The molecule has 3 heterocycles. The molecule has 276 valence electrons. The maximum atomic E-state index is 13.2. The molecule has 12 heteroatoms. The molecule has 1 aromatic heterocycles. The van der Waals surface area contributed by atoms with Crippen LogP contribution in [0.5, 0.6) is 0 Å². The molecule has 4 aromatic carbocycles. The molecule has 4 amide bonds. The fourth-order valence-corrected chi connectivity index (χ4v) is 6.90. The molecular weight excluding hydrogens is 684 g/mol. The van der Waals surface area contributed by atoms with E-state index in [2.05, 4.69) is 10.6 Å². The average Bonchev–Trinajstić information content (AvgIpc) is 3.98. The quantitative estimate of drug-likeness (QED) is 0.155. The van der Waals surface area contributed by atoms with Crippen LogP contribution in [0.2, 0.25) is 0 Å². The molecule has 0 radical (unpaired) electrons. The first kappa shape index (κ1) is 36.0. The highest BCUT2D eigenvalue weighted by atomic mass is 16.6. The Hall–Kier alpha value is -6.43. The van der Waals surface area contributed by atoms with Gasteiger partial charge >= 0.3 is 12.2 Å². The monoisotopic (exact) mass is 726 g/mol. The molecule has 0 saturated carbocycles. The van der Waals surface area contributed by atoms with E-state index in [1.54, 1.807) is 4.68 Å². The van der Waals surface area contributed by atoms with Crippen molar-refractivity contribution in [3.8, 4) is 22.5 Å². The maximum Gasteiger partial charge on any atom is 0.410 e. The number of hydrogen-bond acceptors (Lipinski definition) is 7. The largest absolute Gasteiger partial charge is 0.445 e. The fourth-order valence-electron chi connectivity index (χ4n) is 6.90. The number of nitrogens with one attached hydrogen (secondary N) is 2. The lowest BCUT2D eigenvalue weighted by atomic mass is 10.1.